The van der Waals surface area contributed by atoms with Crippen molar-refractivity contribution in [3.8, 4) is 11.5 Å². The highest BCUT2D eigenvalue weighted by molar-refractivity contribution is 5.85. The lowest BCUT2D eigenvalue weighted by atomic mass is 9.89. The van der Waals surface area contributed by atoms with Crippen LogP contribution in [0.2, 0.25) is 0 Å². The second-order valence-electron chi connectivity index (χ2n) is 8.90. The Morgan fingerprint density at radius 2 is 1.72 bits per heavy atom. The van der Waals surface area contributed by atoms with Crippen molar-refractivity contribution in [2.24, 2.45) is 17.3 Å². The first-order chi connectivity index (χ1) is 13.6. The van der Waals surface area contributed by atoms with Gasteiger partial charge in [0.05, 0.1) is 14.2 Å². The molecule has 4 rings (SSSR count). The Morgan fingerprint density at radius 1 is 1.10 bits per heavy atom. The van der Waals surface area contributed by atoms with E-state index in [0.29, 0.717) is 23.2 Å². The van der Waals surface area contributed by atoms with Gasteiger partial charge in [-0.2, -0.15) is 0 Å². The average molecular weight is 423 g/mol. The average Bonchev–Trinajstić information content (AvgIpc) is 3.44. The molecule has 1 aromatic carbocycles. The van der Waals surface area contributed by atoms with Crippen LogP contribution in [0.1, 0.15) is 44.1 Å². The number of amides is 1. The number of nitrogens with zero attached hydrogens (tertiary/aromatic N) is 1. The van der Waals surface area contributed by atoms with Crippen molar-refractivity contribution in [3.63, 3.8) is 0 Å². The fraction of sp³-hybridized carbons (Fsp3) is 0.696. The molecule has 1 amide bonds. The second-order valence-corrected chi connectivity index (χ2v) is 8.90. The molecular weight excluding hydrogens is 388 g/mol. The Balaban J connectivity index is 0.00000240. The molecular formula is C23H35ClN2O3. The molecule has 3 aliphatic rings. The van der Waals surface area contributed by atoms with Crippen LogP contribution in [0, 0.1) is 17.3 Å². The predicted octanol–water partition coefficient (Wildman–Crippen LogP) is 3.69. The number of ether oxygens (including phenoxy) is 2. The highest BCUT2D eigenvalue weighted by Crippen LogP contribution is 2.59. The number of methoxy groups -OCH3 is 2. The number of carbonyl (C=O) groups excluding carboxylic acids is 1. The lowest BCUT2D eigenvalue weighted by molar-refractivity contribution is -0.135. The normalized spacial score (nSPS) is 23.4. The van der Waals surface area contributed by atoms with E-state index in [1.807, 2.05) is 6.07 Å². The zero-order chi connectivity index (χ0) is 19.6. The number of piperidine rings is 2. The van der Waals surface area contributed by atoms with Crippen LogP contribution in [-0.2, 0) is 11.2 Å². The van der Waals surface area contributed by atoms with E-state index in [0.717, 1.165) is 69.8 Å². The van der Waals surface area contributed by atoms with E-state index >= 15 is 0 Å². The highest BCUT2D eigenvalue weighted by atomic mass is 35.5. The zero-order valence-electron chi connectivity index (χ0n) is 17.7. The van der Waals surface area contributed by atoms with E-state index in [9.17, 15) is 4.79 Å². The summed E-state index contributed by atoms with van der Waals surface area (Å²) in [6.45, 7) is 4.05. The number of hydrogen-bond donors (Lipinski definition) is 1. The summed E-state index contributed by atoms with van der Waals surface area (Å²) in [7, 11) is 3.39. The number of hydrogen-bond acceptors (Lipinski definition) is 4. The minimum absolute atomic E-state index is 0. The van der Waals surface area contributed by atoms with Crippen molar-refractivity contribution in [1.29, 1.82) is 0 Å². The van der Waals surface area contributed by atoms with E-state index in [2.05, 4.69) is 22.3 Å². The van der Waals surface area contributed by atoms with Gasteiger partial charge in [-0.05, 0) is 87.1 Å². The summed E-state index contributed by atoms with van der Waals surface area (Å²) < 4.78 is 10.8. The zero-order valence-corrected chi connectivity index (χ0v) is 18.6. The van der Waals surface area contributed by atoms with Crippen LogP contribution in [0.25, 0.3) is 0 Å². The molecule has 1 N–H and O–H groups in total. The summed E-state index contributed by atoms with van der Waals surface area (Å²) in [5, 5.41) is 3.43. The Bertz CT molecular complexity index is 675. The van der Waals surface area contributed by atoms with Crippen molar-refractivity contribution < 1.29 is 14.3 Å². The summed E-state index contributed by atoms with van der Waals surface area (Å²) >= 11 is 0. The van der Waals surface area contributed by atoms with Gasteiger partial charge in [0.2, 0.25) is 5.91 Å². The number of carbonyl (C=O) groups is 1. The Kier molecular flexibility index (Phi) is 7.33. The van der Waals surface area contributed by atoms with Crippen LogP contribution < -0.4 is 14.8 Å². The third-order valence-corrected chi connectivity index (χ3v) is 7.27. The molecule has 1 saturated carbocycles. The van der Waals surface area contributed by atoms with Gasteiger partial charge in [0.1, 0.15) is 11.5 Å². The van der Waals surface area contributed by atoms with Crippen molar-refractivity contribution in [1.82, 2.24) is 10.2 Å². The largest absolute Gasteiger partial charge is 0.497 e. The molecule has 2 heterocycles. The van der Waals surface area contributed by atoms with Crippen LogP contribution in [0.3, 0.4) is 0 Å². The molecule has 1 atom stereocenters. The minimum atomic E-state index is 0. The van der Waals surface area contributed by atoms with Gasteiger partial charge in [0.15, 0.2) is 0 Å². The lowest BCUT2D eigenvalue weighted by Gasteiger charge is -2.33. The number of likely N-dealkylation sites (tertiary alicyclic amines) is 1. The first-order valence-corrected chi connectivity index (χ1v) is 10.8. The molecule has 0 aromatic heterocycles. The minimum Gasteiger partial charge on any atom is -0.497 e. The maximum atomic E-state index is 12.9. The summed E-state index contributed by atoms with van der Waals surface area (Å²) in [5.41, 5.74) is 1.62. The van der Waals surface area contributed by atoms with Crippen LogP contribution in [0.4, 0.5) is 0 Å². The number of benzene rings is 1. The number of nitrogens with one attached hydrogen (secondary N) is 1. The van der Waals surface area contributed by atoms with Crippen LogP contribution >= 0.6 is 12.4 Å². The lowest BCUT2D eigenvalue weighted by Crippen LogP contribution is -2.41. The summed E-state index contributed by atoms with van der Waals surface area (Å²) in [5.74, 6) is 3.17. The third kappa shape index (κ3) is 5.00. The van der Waals surface area contributed by atoms with Crippen molar-refractivity contribution >= 4 is 18.3 Å². The molecule has 0 radical (unpaired) electrons. The van der Waals surface area contributed by atoms with Gasteiger partial charge in [-0.3, -0.25) is 4.79 Å². The summed E-state index contributed by atoms with van der Waals surface area (Å²) in [6.07, 6.45) is 7.96. The summed E-state index contributed by atoms with van der Waals surface area (Å²) in [4.78, 5) is 15.1. The predicted molar refractivity (Wildman–Crippen MR) is 117 cm³/mol. The third-order valence-electron chi connectivity index (χ3n) is 7.27. The smallest absolute Gasteiger partial charge is 0.226 e. The summed E-state index contributed by atoms with van der Waals surface area (Å²) in [6, 6.07) is 6.13. The molecule has 0 bridgehead atoms. The number of aryl methyl sites for hydroxylation is 1. The van der Waals surface area contributed by atoms with E-state index < -0.39 is 0 Å². The van der Waals surface area contributed by atoms with Crippen molar-refractivity contribution in [2.45, 2.75) is 44.9 Å². The van der Waals surface area contributed by atoms with Gasteiger partial charge < -0.3 is 19.7 Å². The number of halogens is 1. The molecule has 2 aliphatic heterocycles. The van der Waals surface area contributed by atoms with E-state index in [-0.39, 0.29) is 12.4 Å². The van der Waals surface area contributed by atoms with Crippen molar-refractivity contribution in [2.75, 3.05) is 40.4 Å². The van der Waals surface area contributed by atoms with Gasteiger partial charge in [0, 0.05) is 25.1 Å². The molecule has 162 valence electrons. The van der Waals surface area contributed by atoms with Crippen LogP contribution in [-0.4, -0.2) is 51.2 Å². The molecule has 1 aliphatic carbocycles. The maximum Gasteiger partial charge on any atom is 0.226 e. The van der Waals surface area contributed by atoms with Crippen molar-refractivity contribution in [3.05, 3.63) is 23.8 Å². The Hall–Kier alpha value is -1.46. The molecule has 3 fully saturated rings. The molecule has 1 aromatic rings. The highest BCUT2D eigenvalue weighted by Gasteiger charge is 2.58. The van der Waals surface area contributed by atoms with E-state index in [1.54, 1.807) is 14.2 Å². The monoisotopic (exact) mass is 422 g/mol. The van der Waals surface area contributed by atoms with Crippen LogP contribution in [0.5, 0.6) is 11.5 Å². The maximum absolute atomic E-state index is 12.9. The van der Waals surface area contributed by atoms with Gasteiger partial charge in [0.25, 0.3) is 0 Å². The Morgan fingerprint density at radius 3 is 2.31 bits per heavy atom. The van der Waals surface area contributed by atoms with Gasteiger partial charge in [-0.1, -0.05) is 0 Å². The molecule has 5 nitrogen and oxygen atoms in total. The number of rotatable bonds is 6. The topological polar surface area (TPSA) is 50.8 Å². The van der Waals surface area contributed by atoms with Gasteiger partial charge >= 0.3 is 0 Å². The Labute approximate surface area is 180 Å². The fourth-order valence-corrected chi connectivity index (χ4v) is 5.22. The first kappa shape index (κ1) is 22.2. The molecule has 2 saturated heterocycles. The molecule has 1 unspecified atom stereocenters. The fourth-order valence-electron chi connectivity index (χ4n) is 5.22. The molecule has 6 heteroatoms. The second kappa shape index (κ2) is 9.57. The molecule has 1 spiro atoms. The first-order valence-electron chi connectivity index (χ1n) is 10.8. The van der Waals surface area contributed by atoms with Gasteiger partial charge in [-0.25, -0.2) is 0 Å². The molecule has 29 heavy (non-hydrogen) atoms. The van der Waals surface area contributed by atoms with Crippen LogP contribution in [0.15, 0.2) is 18.2 Å². The van der Waals surface area contributed by atoms with Gasteiger partial charge in [-0.15, -0.1) is 12.4 Å². The van der Waals surface area contributed by atoms with E-state index in [1.165, 1.54) is 18.4 Å². The standard InChI is InChI=1S/C23H34N2O3.ClH/c1-27-19-13-18(14-20(15-19)28-2)4-3-17-5-11-25(12-6-17)22(26)21-16-23(21)7-9-24-10-8-23;/h13-15,17,21,24H,3-12,16H2,1-2H3;1H. The van der Waals surface area contributed by atoms with E-state index in [4.69, 9.17) is 9.47 Å². The SMILES string of the molecule is COc1cc(CCC2CCN(C(=O)C3CC34CCNCC4)CC2)cc(OC)c1.Cl. The quantitative estimate of drug-likeness (QED) is 0.759.